The van der Waals surface area contributed by atoms with Gasteiger partial charge < -0.3 is 10.1 Å². The summed E-state index contributed by atoms with van der Waals surface area (Å²) in [6.07, 6.45) is 1.80. The molecule has 0 radical (unpaired) electrons. The molecular weight excluding hydrogens is 206 g/mol. The van der Waals surface area contributed by atoms with E-state index in [2.05, 4.69) is 34.6 Å². The van der Waals surface area contributed by atoms with E-state index < -0.39 is 0 Å². The first-order valence-corrected chi connectivity index (χ1v) is 5.80. The molecule has 1 heterocycles. The van der Waals surface area contributed by atoms with Gasteiger partial charge in [0.15, 0.2) is 5.82 Å². The van der Waals surface area contributed by atoms with Crippen LogP contribution in [0.2, 0.25) is 0 Å². The monoisotopic (exact) mass is 227 g/mol. The Balaban J connectivity index is 2.37. The highest BCUT2D eigenvalue weighted by Gasteiger charge is 2.11. The minimum absolute atomic E-state index is 0.265. The quantitative estimate of drug-likeness (QED) is 0.641. The van der Waals surface area contributed by atoms with Gasteiger partial charge in [-0.1, -0.05) is 13.8 Å². The number of likely N-dealkylation sites (N-methyl/N-ethyl adjacent to an activating group) is 1. The lowest BCUT2D eigenvalue weighted by atomic mass is 10.2. The Morgan fingerprint density at radius 1 is 1.44 bits per heavy atom. The molecule has 1 atom stereocenters. The molecule has 0 aliphatic carbocycles. The van der Waals surface area contributed by atoms with Crippen LogP contribution in [0.5, 0.6) is 0 Å². The van der Waals surface area contributed by atoms with Gasteiger partial charge in [0, 0.05) is 19.1 Å². The third-order valence-electron chi connectivity index (χ3n) is 2.14. The molecule has 0 aliphatic heterocycles. The van der Waals surface area contributed by atoms with Crippen LogP contribution >= 0.6 is 0 Å². The lowest BCUT2D eigenvalue weighted by Gasteiger charge is -2.15. The van der Waals surface area contributed by atoms with Crippen molar-refractivity contribution in [3.8, 4) is 0 Å². The number of tetrazole rings is 1. The zero-order valence-corrected chi connectivity index (χ0v) is 10.3. The maximum atomic E-state index is 5.53. The molecule has 16 heavy (non-hydrogen) atoms. The summed E-state index contributed by atoms with van der Waals surface area (Å²) < 4.78 is 5.53. The molecule has 0 saturated heterocycles. The van der Waals surface area contributed by atoms with E-state index in [1.807, 2.05) is 0 Å². The molecule has 0 amide bonds. The van der Waals surface area contributed by atoms with Crippen molar-refractivity contribution in [3.63, 3.8) is 0 Å². The van der Waals surface area contributed by atoms with Crippen molar-refractivity contribution in [2.24, 2.45) is 7.05 Å². The number of nitrogens with one attached hydrogen (secondary N) is 1. The van der Waals surface area contributed by atoms with Crippen molar-refractivity contribution < 1.29 is 4.74 Å². The molecule has 6 nitrogen and oxygen atoms in total. The summed E-state index contributed by atoms with van der Waals surface area (Å²) >= 11 is 0. The first kappa shape index (κ1) is 13.1. The maximum absolute atomic E-state index is 5.53. The molecule has 0 aliphatic rings. The molecule has 1 N–H and O–H groups in total. The zero-order chi connectivity index (χ0) is 11.8. The van der Waals surface area contributed by atoms with Gasteiger partial charge in [0.05, 0.1) is 13.7 Å². The number of aromatic nitrogens is 4. The van der Waals surface area contributed by atoms with E-state index in [1.54, 1.807) is 7.05 Å². The molecule has 6 heteroatoms. The molecule has 1 rings (SSSR count). The van der Waals surface area contributed by atoms with Crippen molar-refractivity contribution >= 4 is 0 Å². The van der Waals surface area contributed by atoms with Crippen molar-refractivity contribution in [2.45, 2.75) is 32.7 Å². The fourth-order valence-electron chi connectivity index (χ4n) is 1.47. The third-order valence-corrected chi connectivity index (χ3v) is 2.14. The molecule has 0 bridgehead atoms. The highest BCUT2D eigenvalue weighted by molar-refractivity contribution is 4.84. The molecule has 1 unspecified atom stereocenters. The fourth-order valence-corrected chi connectivity index (χ4v) is 1.47. The minimum atomic E-state index is 0.265. The molecule has 0 saturated carbocycles. The summed E-state index contributed by atoms with van der Waals surface area (Å²) in [5, 5.41) is 15.3. The molecule has 0 fully saturated rings. The number of nitrogens with zero attached hydrogens (tertiary/aromatic N) is 4. The van der Waals surface area contributed by atoms with Crippen molar-refractivity contribution in [3.05, 3.63) is 5.82 Å². The second-order valence-corrected chi connectivity index (χ2v) is 3.73. The molecule has 0 aromatic carbocycles. The second kappa shape index (κ2) is 7.29. The Labute approximate surface area is 96.4 Å². The lowest BCUT2D eigenvalue weighted by molar-refractivity contribution is 0.111. The second-order valence-electron chi connectivity index (χ2n) is 3.73. The van der Waals surface area contributed by atoms with E-state index in [4.69, 9.17) is 4.74 Å². The van der Waals surface area contributed by atoms with Crippen LogP contribution in [-0.2, 0) is 18.2 Å². The normalized spacial score (nSPS) is 12.9. The largest absolute Gasteiger partial charge is 0.380 e. The molecule has 0 spiro atoms. The Morgan fingerprint density at radius 2 is 2.25 bits per heavy atom. The average Bonchev–Trinajstić information content (AvgIpc) is 2.65. The van der Waals surface area contributed by atoms with Crippen LogP contribution in [0.4, 0.5) is 0 Å². The van der Waals surface area contributed by atoms with Gasteiger partial charge in [0.25, 0.3) is 0 Å². The van der Waals surface area contributed by atoms with Crippen molar-refractivity contribution in [2.75, 3.05) is 19.8 Å². The summed E-state index contributed by atoms with van der Waals surface area (Å²) in [5.41, 5.74) is 0. The van der Waals surface area contributed by atoms with Crippen LogP contribution in [0.25, 0.3) is 0 Å². The van der Waals surface area contributed by atoms with Crippen LogP contribution in [-0.4, -0.2) is 46.0 Å². The Hall–Kier alpha value is -1.01. The minimum Gasteiger partial charge on any atom is -0.380 e. The predicted octanol–water partition coefficient (Wildman–Crippen LogP) is 0.157. The highest BCUT2D eigenvalue weighted by atomic mass is 16.5. The van der Waals surface area contributed by atoms with E-state index in [0.717, 1.165) is 31.8 Å². The van der Waals surface area contributed by atoms with Gasteiger partial charge in [-0.05, 0) is 18.2 Å². The molecule has 1 aromatic rings. The Kier molecular flexibility index (Phi) is 5.95. The summed E-state index contributed by atoms with van der Waals surface area (Å²) in [4.78, 5) is 1.48. The number of aryl methyl sites for hydroxylation is 1. The van der Waals surface area contributed by atoms with E-state index >= 15 is 0 Å². The molecular formula is C10H21N5O. The standard InChI is InChI=1S/C10H21N5O/c1-4-6-16-8-9(11-5-2)7-10-12-14-15(3)13-10/h9,11H,4-8H2,1-3H3. The Morgan fingerprint density at radius 3 is 2.81 bits per heavy atom. The number of hydrogen-bond acceptors (Lipinski definition) is 5. The summed E-state index contributed by atoms with van der Waals surface area (Å²) in [7, 11) is 1.77. The summed E-state index contributed by atoms with van der Waals surface area (Å²) in [5.74, 6) is 0.758. The molecule has 1 aromatic heterocycles. The van der Waals surface area contributed by atoms with Gasteiger partial charge in [-0.25, -0.2) is 0 Å². The third kappa shape index (κ3) is 4.67. The smallest absolute Gasteiger partial charge is 0.176 e. The Bertz CT molecular complexity index is 288. The van der Waals surface area contributed by atoms with Gasteiger partial charge in [0.1, 0.15) is 0 Å². The lowest BCUT2D eigenvalue weighted by Crippen LogP contribution is -2.35. The fraction of sp³-hybridized carbons (Fsp3) is 0.900. The summed E-state index contributed by atoms with van der Waals surface area (Å²) in [6.45, 7) is 6.60. The molecule has 92 valence electrons. The number of rotatable bonds is 8. The van der Waals surface area contributed by atoms with E-state index in [1.165, 1.54) is 4.80 Å². The van der Waals surface area contributed by atoms with E-state index in [-0.39, 0.29) is 6.04 Å². The predicted molar refractivity (Wildman–Crippen MR) is 61.1 cm³/mol. The van der Waals surface area contributed by atoms with Crippen molar-refractivity contribution in [1.82, 2.24) is 25.5 Å². The first-order chi connectivity index (χ1) is 7.76. The first-order valence-electron chi connectivity index (χ1n) is 5.80. The zero-order valence-electron chi connectivity index (χ0n) is 10.3. The van der Waals surface area contributed by atoms with Crippen LogP contribution in [0.3, 0.4) is 0 Å². The van der Waals surface area contributed by atoms with Gasteiger partial charge in [0.2, 0.25) is 0 Å². The SMILES string of the molecule is CCCOCC(Cc1nnn(C)n1)NCC. The van der Waals surface area contributed by atoms with Crippen LogP contribution in [0.1, 0.15) is 26.1 Å². The summed E-state index contributed by atoms with van der Waals surface area (Å²) in [6, 6.07) is 0.265. The maximum Gasteiger partial charge on any atom is 0.176 e. The average molecular weight is 227 g/mol. The number of hydrogen-bond donors (Lipinski definition) is 1. The van der Waals surface area contributed by atoms with Gasteiger partial charge in [-0.2, -0.15) is 4.80 Å². The van der Waals surface area contributed by atoms with Gasteiger partial charge in [-0.15, -0.1) is 10.2 Å². The van der Waals surface area contributed by atoms with Gasteiger partial charge in [-0.3, -0.25) is 0 Å². The van der Waals surface area contributed by atoms with E-state index in [9.17, 15) is 0 Å². The number of ether oxygens (including phenoxy) is 1. The topological polar surface area (TPSA) is 64.9 Å². The van der Waals surface area contributed by atoms with Crippen LogP contribution in [0, 0.1) is 0 Å². The van der Waals surface area contributed by atoms with Crippen LogP contribution < -0.4 is 5.32 Å². The highest BCUT2D eigenvalue weighted by Crippen LogP contribution is 1.96. The van der Waals surface area contributed by atoms with Gasteiger partial charge >= 0.3 is 0 Å². The van der Waals surface area contributed by atoms with Crippen molar-refractivity contribution in [1.29, 1.82) is 0 Å². The van der Waals surface area contributed by atoms with Crippen LogP contribution in [0.15, 0.2) is 0 Å². The van der Waals surface area contributed by atoms with E-state index in [0.29, 0.717) is 6.61 Å².